The summed E-state index contributed by atoms with van der Waals surface area (Å²) in [5, 5.41) is 11.1. The number of nitrogens with one attached hydrogen (secondary N) is 1. The SMILES string of the molecule is C=CCOc1c(Br)cc(/C=C2\NC(=O)N(CC(=O)O)C2=O)cc1Br. The van der Waals surface area contributed by atoms with Gasteiger partial charge in [0, 0.05) is 0 Å². The second-order valence-corrected chi connectivity index (χ2v) is 6.40. The van der Waals surface area contributed by atoms with E-state index in [2.05, 4.69) is 43.8 Å². The van der Waals surface area contributed by atoms with E-state index in [4.69, 9.17) is 9.84 Å². The molecule has 0 aliphatic carbocycles. The van der Waals surface area contributed by atoms with Crippen LogP contribution in [0.5, 0.6) is 5.75 Å². The molecule has 3 amide bonds. The molecular weight excluding hydrogens is 448 g/mol. The smallest absolute Gasteiger partial charge is 0.329 e. The molecule has 1 aliphatic heterocycles. The number of urea groups is 1. The average molecular weight is 460 g/mol. The summed E-state index contributed by atoms with van der Waals surface area (Å²) < 4.78 is 6.78. The monoisotopic (exact) mass is 458 g/mol. The number of carboxylic acids is 1. The van der Waals surface area contributed by atoms with Gasteiger partial charge in [-0.2, -0.15) is 0 Å². The largest absolute Gasteiger partial charge is 0.487 e. The minimum absolute atomic E-state index is 0.000176. The zero-order valence-electron chi connectivity index (χ0n) is 12.2. The standard InChI is InChI=1S/C15H12Br2N2O5/c1-2-3-24-13-9(16)4-8(5-10(13)17)6-11-14(22)19(7-12(20)21)15(23)18-11/h2,4-6H,1,3,7H2,(H,18,23)(H,20,21)/b11-6-. The molecule has 2 rings (SSSR count). The third-order valence-electron chi connectivity index (χ3n) is 2.93. The lowest BCUT2D eigenvalue weighted by atomic mass is 10.2. The molecule has 1 fully saturated rings. The first-order valence-electron chi connectivity index (χ1n) is 6.62. The molecule has 2 N–H and O–H groups in total. The average Bonchev–Trinajstić information content (AvgIpc) is 2.74. The lowest BCUT2D eigenvalue weighted by Gasteiger charge is -2.10. The molecule has 1 saturated heterocycles. The Balaban J connectivity index is 2.28. The highest BCUT2D eigenvalue weighted by Gasteiger charge is 2.34. The van der Waals surface area contributed by atoms with Crippen LogP contribution in [-0.2, 0) is 9.59 Å². The Morgan fingerprint density at radius 2 is 1.96 bits per heavy atom. The number of carboxylic acid groups (broad SMARTS) is 1. The molecule has 1 heterocycles. The number of aliphatic carboxylic acids is 1. The Morgan fingerprint density at radius 1 is 1.33 bits per heavy atom. The van der Waals surface area contributed by atoms with Crippen LogP contribution in [0.15, 0.2) is 39.4 Å². The molecule has 7 nitrogen and oxygen atoms in total. The molecule has 24 heavy (non-hydrogen) atoms. The van der Waals surface area contributed by atoms with E-state index in [1.807, 2.05) is 0 Å². The second kappa shape index (κ2) is 7.63. The Kier molecular flexibility index (Phi) is 5.79. The van der Waals surface area contributed by atoms with E-state index >= 15 is 0 Å². The van der Waals surface area contributed by atoms with Gasteiger partial charge in [-0.3, -0.25) is 9.59 Å². The molecule has 126 valence electrons. The third kappa shape index (κ3) is 4.04. The van der Waals surface area contributed by atoms with Crippen molar-refractivity contribution in [2.75, 3.05) is 13.2 Å². The van der Waals surface area contributed by atoms with Crippen LogP contribution in [0.3, 0.4) is 0 Å². The molecule has 0 bridgehead atoms. The van der Waals surface area contributed by atoms with Gasteiger partial charge in [0.1, 0.15) is 24.6 Å². The van der Waals surface area contributed by atoms with Crippen molar-refractivity contribution in [3.8, 4) is 5.75 Å². The molecule has 1 aromatic rings. The van der Waals surface area contributed by atoms with Crippen molar-refractivity contribution in [2.45, 2.75) is 0 Å². The molecular formula is C15H12Br2N2O5. The van der Waals surface area contributed by atoms with E-state index in [1.54, 1.807) is 18.2 Å². The minimum Gasteiger partial charge on any atom is -0.487 e. The summed E-state index contributed by atoms with van der Waals surface area (Å²) in [7, 11) is 0. The number of carbonyl (C=O) groups excluding carboxylic acids is 2. The molecule has 0 spiro atoms. The highest BCUT2D eigenvalue weighted by atomic mass is 79.9. The lowest BCUT2D eigenvalue weighted by Crippen LogP contribution is -2.35. The maximum Gasteiger partial charge on any atom is 0.329 e. The Hall–Kier alpha value is -2.13. The van der Waals surface area contributed by atoms with Crippen LogP contribution in [0.2, 0.25) is 0 Å². The van der Waals surface area contributed by atoms with E-state index in [-0.39, 0.29) is 5.70 Å². The van der Waals surface area contributed by atoms with Crippen molar-refractivity contribution in [3.63, 3.8) is 0 Å². The molecule has 1 aliphatic rings. The molecule has 9 heteroatoms. The summed E-state index contributed by atoms with van der Waals surface area (Å²) in [6.45, 7) is 3.21. The van der Waals surface area contributed by atoms with Crippen molar-refractivity contribution in [3.05, 3.63) is 45.0 Å². The number of benzene rings is 1. The van der Waals surface area contributed by atoms with Gasteiger partial charge in [0.2, 0.25) is 0 Å². The Morgan fingerprint density at radius 3 is 2.50 bits per heavy atom. The van der Waals surface area contributed by atoms with Gasteiger partial charge in [0.25, 0.3) is 5.91 Å². The summed E-state index contributed by atoms with van der Waals surface area (Å²) in [5.41, 5.74) is 0.611. The number of nitrogens with zero attached hydrogens (tertiary/aromatic N) is 1. The van der Waals surface area contributed by atoms with Crippen LogP contribution >= 0.6 is 31.9 Å². The second-order valence-electron chi connectivity index (χ2n) is 4.69. The number of rotatable bonds is 6. The normalized spacial score (nSPS) is 15.6. The van der Waals surface area contributed by atoms with Crippen LogP contribution in [0.1, 0.15) is 5.56 Å². The van der Waals surface area contributed by atoms with Gasteiger partial charge in [0.05, 0.1) is 8.95 Å². The Bertz CT molecular complexity index is 737. The lowest BCUT2D eigenvalue weighted by molar-refractivity contribution is -0.140. The number of hydrogen-bond donors (Lipinski definition) is 2. The summed E-state index contributed by atoms with van der Waals surface area (Å²) in [6, 6.07) is 2.64. The maximum atomic E-state index is 12.1. The fourth-order valence-corrected chi connectivity index (χ4v) is 3.41. The van der Waals surface area contributed by atoms with Crippen LogP contribution in [0.4, 0.5) is 4.79 Å². The number of halogens is 2. The van der Waals surface area contributed by atoms with E-state index in [9.17, 15) is 14.4 Å². The van der Waals surface area contributed by atoms with E-state index in [1.165, 1.54) is 6.08 Å². The van der Waals surface area contributed by atoms with Gasteiger partial charge in [-0.05, 0) is 55.6 Å². The first-order chi connectivity index (χ1) is 11.3. The summed E-state index contributed by atoms with van der Waals surface area (Å²) in [6.07, 6.45) is 3.06. The topological polar surface area (TPSA) is 95.9 Å². The molecule has 0 radical (unpaired) electrons. The van der Waals surface area contributed by atoms with Gasteiger partial charge >= 0.3 is 12.0 Å². The van der Waals surface area contributed by atoms with E-state index < -0.39 is 24.5 Å². The van der Waals surface area contributed by atoms with Crippen molar-refractivity contribution in [2.24, 2.45) is 0 Å². The Labute approximate surface area is 154 Å². The molecule has 0 saturated carbocycles. The van der Waals surface area contributed by atoms with Gasteiger partial charge < -0.3 is 15.2 Å². The van der Waals surface area contributed by atoms with Crippen molar-refractivity contribution >= 4 is 55.8 Å². The molecule has 1 aromatic carbocycles. The van der Waals surface area contributed by atoms with E-state index in [0.29, 0.717) is 31.8 Å². The van der Waals surface area contributed by atoms with Crippen molar-refractivity contribution < 1.29 is 24.2 Å². The van der Waals surface area contributed by atoms with Gasteiger partial charge in [-0.25, -0.2) is 9.69 Å². The third-order valence-corrected chi connectivity index (χ3v) is 4.11. The summed E-state index contributed by atoms with van der Waals surface area (Å²) in [4.78, 5) is 35.1. The highest BCUT2D eigenvalue weighted by Crippen LogP contribution is 2.35. The first kappa shape index (κ1) is 18.2. The first-order valence-corrected chi connectivity index (χ1v) is 8.21. The fraction of sp³-hybridized carbons (Fsp3) is 0.133. The number of carbonyl (C=O) groups is 3. The molecule has 0 unspecified atom stereocenters. The predicted octanol–water partition coefficient (Wildman–Crippen LogP) is 2.75. The highest BCUT2D eigenvalue weighted by molar-refractivity contribution is 9.11. The predicted molar refractivity (Wildman–Crippen MR) is 93.4 cm³/mol. The quantitative estimate of drug-likeness (QED) is 0.387. The van der Waals surface area contributed by atoms with Crippen LogP contribution in [-0.4, -0.2) is 41.1 Å². The van der Waals surface area contributed by atoms with Crippen LogP contribution in [0.25, 0.3) is 6.08 Å². The zero-order chi connectivity index (χ0) is 17.9. The molecule has 0 atom stereocenters. The van der Waals surface area contributed by atoms with Crippen LogP contribution < -0.4 is 10.1 Å². The van der Waals surface area contributed by atoms with Gasteiger partial charge in [-0.15, -0.1) is 0 Å². The number of ether oxygens (including phenoxy) is 1. The van der Waals surface area contributed by atoms with Gasteiger partial charge in [-0.1, -0.05) is 12.7 Å². The summed E-state index contributed by atoms with van der Waals surface area (Å²) >= 11 is 6.74. The van der Waals surface area contributed by atoms with E-state index in [0.717, 1.165) is 0 Å². The minimum atomic E-state index is -1.27. The number of hydrogen-bond acceptors (Lipinski definition) is 4. The van der Waals surface area contributed by atoms with Gasteiger partial charge in [0.15, 0.2) is 0 Å². The zero-order valence-corrected chi connectivity index (χ0v) is 15.4. The van der Waals surface area contributed by atoms with Crippen molar-refractivity contribution in [1.82, 2.24) is 10.2 Å². The fourth-order valence-electron chi connectivity index (χ4n) is 1.96. The van der Waals surface area contributed by atoms with Crippen molar-refractivity contribution in [1.29, 1.82) is 0 Å². The maximum absolute atomic E-state index is 12.1. The summed E-state index contributed by atoms with van der Waals surface area (Å²) in [5.74, 6) is -1.39. The molecule has 0 aromatic heterocycles. The number of imide groups is 1. The number of amides is 3. The van der Waals surface area contributed by atoms with Crippen LogP contribution in [0, 0.1) is 0 Å².